The zero-order valence-electron chi connectivity index (χ0n) is 14.6. The first kappa shape index (κ1) is 18.9. The van der Waals surface area contributed by atoms with Gasteiger partial charge in [0, 0.05) is 25.6 Å². The molecule has 1 saturated heterocycles. The number of nitrogens with zero attached hydrogens (tertiary/aromatic N) is 2. The maximum Gasteiger partial charge on any atom is 0.223 e. The molecule has 0 bridgehead atoms. The number of sulfonamides is 1. The Morgan fingerprint density at radius 2 is 1.83 bits per heavy atom. The minimum Gasteiger partial charge on any atom is -0.354 e. The van der Waals surface area contributed by atoms with E-state index in [4.69, 9.17) is 0 Å². The number of amides is 1. The molecule has 1 aliphatic rings. The Morgan fingerprint density at radius 1 is 1.25 bits per heavy atom. The van der Waals surface area contributed by atoms with E-state index in [2.05, 4.69) is 22.3 Å². The van der Waals surface area contributed by atoms with Gasteiger partial charge in [-0.1, -0.05) is 30.3 Å². The minimum atomic E-state index is -3.15. The number of piperidine rings is 1. The fourth-order valence-corrected chi connectivity index (χ4v) is 3.94. The van der Waals surface area contributed by atoms with Crippen molar-refractivity contribution in [1.82, 2.24) is 14.5 Å². The van der Waals surface area contributed by atoms with Crippen molar-refractivity contribution >= 4 is 15.9 Å². The van der Waals surface area contributed by atoms with E-state index in [0.29, 0.717) is 32.5 Å². The Bertz CT molecular complexity index is 638. The van der Waals surface area contributed by atoms with Gasteiger partial charge in [-0.05, 0) is 32.5 Å². The summed E-state index contributed by atoms with van der Waals surface area (Å²) < 4.78 is 24.5. The third-order valence-corrected chi connectivity index (χ3v) is 5.87. The molecular weight excluding hydrogens is 326 g/mol. The molecule has 0 aromatic heterocycles. The molecule has 134 valence electrons. The van der Waals surface area contributed by atoms with E-state index in [1.807, 2.05) is 32.3 Å². The summed E-state index contributed by atoms with van der Waals surface area (Å²) >= 11 is 0. The van der Waals surface area contributed by atoms with Gasteiger partial charge in [-0.3, -0.25) is 4.79 Å². The van der Waals surface area contributed by atoms with Gasteiger partial charge in [-0.15, -0.1) is 0 Å². The van der Waals surface area contributed by atoms with Gasteiger partial charge in [0.05, 0.1) is 12.3 Å². The van der Waals surface area contributed by atoms with Crippen LogP contribution in [0.25, 0.3) is 0 Å². The Balaban J connectivity index is 1.88. The second kappa shape index (κ2) is 8.09. The SMILES string of the molecule is CN(C)[C@@H](CNC(=O)C1CCN(S(C)(=O)=O)CC1)c1ccccc1. The molecule has 6 nitrogen and oxygen atoms in total. The van der Waals surface area contributed by atoms with Gasteiger partial charge < -0.3 is 10.2 Å². The lowest BCUT2D eigenvalue weighted by Crippen LogP contribution is -2.44. The lowest BCUT2D eigenvalue weighted by atomic mass is 9.97. The van der Waals surface area contributed by atoms with Crippen molar-refractivity contribution in [3.05, 3.63) is 35.9 Å². The van der Waals surface area contributed by atoms with Crippen LogP contribution >= 0.6 is 0 Å². The smallest absolute Gasteiger partial charge is 0.223 e. The predicted molar refractivity (Wildman–Crippen MR) is 95.0 cm³/mol. The van der Waals surface area contributed by atoms with E-state index < -0.39 is 10.0 Å². The van der Waals surface area contributed by atoms with Gasteiger partial charge in [-0.25, -0.2) is 12.7 Å². The fraction of sp³-hybridized carbons (Fsp3) is 0.588. The van der Waals surface area contributed by atoms with E-state index >= 15 is 0 Å². The number of rotatable bonds is 6. The van der Waals surface area contributed by atoms with Crippen molar-refractivity contribution < 1.29 is 13.2 Å². The van der Waals surface area contributed by atoms with Crippen LogP contribution in [0, 0.1) is 5.92 Å². The molecule has 1 amide bonds. The number of carbonyl (C=O) groups is 1. The number of carbonyl (C=O) groups excluding carboxylic acids is 1. The summed E-state index contributed by atoms with van der Waals surface area (Å²) in [6.45, 7) is 1.39. The van der Waals surface area contributed by atoms with Gasteiger partial charge in [0.25, 0.3) is 0 Å². The van der Waals surface area contributed by atoms with E-state index in [1.165, 1.54) is 10.6 Å². The third kappa shape index (κ3) is 5.03. The van der Waals surface area contributed by atoms with Crippen LogP contribution in [-0.4, -0.2) is 63.5 Å². The molecule has 0 saturated carbocycles. The Kier molecular flexibility index (Phi) is 6.37. The standard InChI is InChI=1S/C17H27N3O3S/c1-19(2)16(14-7-5-4-6-8-14)13-18-17(21)15-9-11-20(12-10-15)24(3,22)23/h4-8,15-16H,9-13H2,1-3H3,(H,18,21)/t16-/m0/s1. The topological polar surface area (TPSA) is 69.7 Å². The first-order valence-electron chi connectivity index (χ1n) is 8.23. The largest absolute Gasteiger partial charge is 0.354 e. The number of benzene rings is 1. The molecule has 0 spiro atoms. The van der Waals surface area contributed by atoms with Crippen molar-refractivity contribution in [2.24, 2.45) is 5.92 Å². The van der Waals surface area contributed by atoms with Crippen LogP contribution < -0.4 is 5.32 Å². The summed E-state index contributed by atoms with van der Waals surface area (Å²) in [7, 11) is 0.836. The highest BCUT2D eigenvalue weighted by molar-refractivity contribution is 7.88. The minimum absolute atomic E-state index is 0.0194. The van der Waals surface area contributed by atoms with Crippen LogP contribution in [0.4, 0.5) is 0 Å². The summed E-state index contributed by atoms with van der Waals surface area (Å²) in [5.41, 5.74) is 1.16. The summed E-state index contributed by atoms with van der Waals surface area (Å²) in [4.78, 5) is 14.5. The lowest BCUT2D eigenvalue weighted by molar-refractivity contribution is -0.126. The molecule has 1 fully saturated rings. The van der Waals surface area contributed by atoms with Gasteiger partial charge in [-0.2, -0.15) is 0 Å². The highest BCUT2D eigenvalue weighted by atomic mass is 32.2. The van der Waals surface area contributed by atoms with Crippen molar-refractivity contribution in [2.75, 3.05) is 40.0 Å². The molecule has 0 aliphatic carbocycles. The molecular formula is C17H27N3O3S. The normalized spacial score (nSPS) is 18.5. The van der Waals surface area contributed by atoms with Crippen LogP contribution in [0.5, 0.6) is 0 Å². The maximum atomic E-state index is 12.4. The van der Waals surface area contributed by atoms with Crippen molar-refractivity contribution in [1.29, 1.82) is 0 Å². The molecule has 0 unspecified atom stereocenters. The van der Waals surface area contributed by atoms with Crippen LogP contribution in [0.3, 0.4) is 0 Å². The average Bonchev–Trinajstić information content (AvgIpc) is 2.55. The first-order valence-corrected chi connectivity index (χ1v) is 10.1. The van der Waals surface area contributed by atoms with E-state index in [1.54, 1.807) is 0 Å². The van der Waals surface area contributed by atoms with Crippen molar-refractivity contribution in [3.8, 4) is 0 Å². The van der Waals surface area contributed by atoms with Crippen LogP contribution in [-0.2, 0) is 14.8 Å². The summed E-state index contributed by atoms with van der Waals surface area (Å²) in [6.07, 6.45) is 2.38. The van der Waals surface area contributed by atoms with Gasteiger partial charge in [0.15, 0.2) is 0 Å². The molecule has 7 heteroatoms. The number of hydrogen-bond donors (Lipinski definition) is 1. The molecule has 24 heavy (non-hydrogen) atoms. The van der Waals surface area contributed by atoms with Gasteiger partial charge in [0.2, 0.25) is 15.9 Å². The second-order valence-corrected chi connectivity index (χ2v) is 8.55. The maximum absolute atomic E-state index is 12.4. The number of hydrogen-bond acceptors (Lipinski definition) is 4. The average molecular weight is 353 g/mol. The van der Waals surface area contributed by atoms with Crippen LogP contribution in [0.2, 0.25) is 0 Å². The lowest BCUT2D eigenvalue weighted by Gasteiger charge is -2.30. The summed E-state index contributed by atoms with van der Waals surface area (Å²) in [6, 6.07) is 10.2. The predicted octanol–water partition coefficient (Wildman–Crippen LogP) is 1.08. The second-order valence-electron chi connectivity index (χ2n) is 6.57. The number of nitrogens with one attached hydrogen (secondary N) is 1. The monoisotopic (exact) mass is 353 g/mol. The zero-order valence-corrected chi connectivity index (χ0v) is 15.4. The summed E-state index contributed by atoms with van der Waals surface area (Å²) in [5.74, 6) is -0.0903. The van der Waals surface area contributed by atoms with E-state index in [-0.39, 0.29) is 17.9 Å². The first-order chi connectivity index (χ1) is 11.3. The number of likely N-dealkylation sites (N-methyl/N-ethyl adjacent to an activating group) is 1. The van der Waals surface area contributed by atoms with Crippen LogP contribution in [0.15, 0.2) is 30.3 Å². The molecule has 0 radical (unpaired) electrons. The zero-order chi connectivity index (χ0) is 17.7. The highest BCUT2D eigenvalue weighted by Gasteiger charge is 2.29. The molecule has 2 rings (SSSR count). The molecule has 1 N–H and O–H groups in total. The quantitative estimate of drug-likeness (QED) is 0.831. The van der Waals surface area contributed by atoms with E-state index in [0.717, 1.165) is 5.56 Å². The Hall–Kier alpha value is -1.44. The Morgan fingerprint density at radius 3 is 2.33 bits per heavy atom. The molecule has 1 atom stereocenters. The fourth-order valence-electron chi connectivity index (χ4n) is 3.06. The summed E-state index contributed by atoms with van der Waals surface area (Å²) in [5, 5.41) is 3.04. The molecule has 1 aliphatic heterocycles. The van der Waals surface area contributed by atoms with Gasteiger partial charge >= 0.3 is 0 Å². The molecule has 1 aromatic carbocycles. The van der Waals surface area contributed by atoms with Crippen molar-refractivity contribution in [3.63, 3.8) is 0 Å². The van der Waals surface area contributed by atoms with Gasteiger partial charge in [0.1, 0.15) is 0 Å². The van der Waals surface area contributed by atoms with Crippen molar-refractivity contribution in [2.45, 2.75) is 18.9 Å². The molecule has 1 heterocycles. The van der Waals surface area contributed by atoms with E-state index in [9.17, 15) is 13.2 Å². The van der Waals surface area contributed by atoms with Crippen LogP contribution in [0.1, 0.15) is 24.4 Å². The third-order valence-electron chi connectivity index (χ3n) is 4.57. The highest BCUT2D eigenvalue weighted by Crippen LogP contribution is 2.21. The Labute approximate surface area is 144 Å². The molecule has 1 aromatic rings.